The van der Waals surface area contributed by atoms with Gasteiger partial charge < -0.3 is 9.64 Å². The van der Waals surface area contributed by atoms with Crippen LogP contribution < -0.4 is 4.74 Å². The second kappa shape index (κ2) is 6.48. The molecule has 3 atom stereocenters. The van der Waals surface area contributed by atoms with Gasteiger partial charge in [-0.3, -0.25) is 0 Å². The second-order valence-corrected chi connectivity index (χ2v) is 6.94. The molecule has 118 valence electrons. The summed E-state index contributed by atoms with van der Waals surface area (Å²) >= 11 is 7.17. The molecule has 1 aromatic carbocycles. The van der Waals surface area contributed by atoms with Gasteiger partial charge in [-0.1, -0.05) is 29.5 Å². The first-order chi connectivity index (χ1) is 11.3. The number of nitrogens with zero attached hydrogens (tertiary/aromatic N) is 3. The van der Waals surface area contributed by atoms with Crippen LogP contribution in [0.2, 0.25) is 5.02 Å². The van der Waals surface area contributed by atoms with E-state index in [0.29, 0.717) is 29.3 Å². The Morgan fingerprint density at radius 1 is 1.35 bits per heavy atom. The number of halogens is 1. The van der Waals surface area contributed by atoms with Crippen molar-refractivity contribution in [1.82, 2.24) is 13.6 Å². The van der Waals surface area contributed by atoms with Crippen molar-refractivity contribution in [3.05, 3.63) is 40.5 Å². The van der Waals surface area contributed by atoms with E-state index in [1.54, 1.807) is 0 Å². The molecule has 0 amide bonds. The molecule has 0 spiro atoms. The summed E-state index contributed by atoms with van der Waals surface area (Å²) in [4.78, 5) is 2.50. The smallest absolute Gasteiger partial charge is 0.250 e. The second-order valence-electron chi connectivity index (χ2n) is 5.97. The van der Waals surface area contributed by atoms with Crippen LogP contribution in [0.25, 0.3) is 0 Å². The summed E-state index contributed by atoms with van der Waals surface area (Å²) in [5.41, 5.74) is 1.91. The van der Waals surface area contributed by atoms with Crippen molar-refractivity contribution in [2.45, 2.75) is 12.3 Å². The van der Waals surface area contributed by atoms with Crippen molar-refractivity contribution >= 4 is 23.3 Å². The predicted octanol–water partition coefficient (Wildman–Crippen LogP) is 3.04. The fourth-order valence-electron chi connectivity index (χ4n) is 3.42. The van der Waals surface area contributed by atoms with Gasteiger partial charge in [-0.2, -0.15) is 4.37 Å². The maximum Gasteiger partial charge on any atom is 0.250 e. The zero-order valence-corrected chi connectivity index (χ0v) is 14.1. The topological polar surface area (TPSA) is 38.3 Å². The van der Waals surface area contributed by atoms with Gasteiger partial charge in [0.15, 0.2) is 6.61 Å². The number of hydrogen-bond acceptors (Lipinski definition) is 5. The maximum atomic E-state index is 5.94. The lowest BCUT2D eigenvalue weighted by Gasteiger charge is -2.20. The molecular formula is C17H16ClN3OS. The van der Waals surface area contributed by atoms with Gasteiger partial charge in [0, 0.05) is 29.6 Å². The van der Waals surface area contributed by atoms with Crippen LogP contribution in [-0.4, -0.2) is 39.9 Å². The number of ether oxygens (including phenoxy) is 1. The zero-order chi connectivity index (χ0) is 15.6. The Kier molecular flexibility index (Phi) is 4.21. The Hall–Kier alpha value is -1.61. The van der Waals surface area contributed by atoms with E-state index in [9.17, 15) is 0 Å². The van der Waals surface area contributed by atoms with Gasteiger partial charge in [0.25, 0.3) is 0 Å². The lowest BCUT2D eigenvalue weighted by molar-refractivity contribution is 0.323. The fraction of sp³-hybridized carbons (Fsp3) is 0.412. The van der Waals surface area contributed by atoms with Gasteiger partial charge in [0.05, 0.1) is 11.7 Å². The van der Waals surface area contributed by atoms with Gasteiger partial charge in [0.1, 0.15) is 5.69 Å². The highest BCUT2D eigenvalue weighted by Gasteiger charge is 2.41. The van der Waals surface area contributed by atoms with Gasteiger partial charge in [-0.15, -0.1) is 4.37 Å². The van der Waals surface area contributed by atoms with Crippen molar-refractivity contribution in [1.29, 1.82) is 0 Å². The Labute approximate surface area is 144 Å². The molecule has 2 aliphatic rings. The molecule has 2 aliphatic heterocycles. The minimum atomic E-state index is 0.312. The maximum absolute atomic E-state index is 5.94. The van der Waals surface area contributed by atoms with Gasteiger partial charge in [-0.05, 0) is 37.1 Å². The van der Waals surface area contributed by atoms with Crippen LogP contribution >= 0.6 is 23.3 Å². The Balaban J connectivity index is 1.40. The van der Waals surface area contributed by atoms with E-state index < -0.39 is 0 Å². The number of rotatable bonds is 3. The summed E-state index contributed by atoms with van der Waals surface area (Å²) in [6, 6.07) is 7.49. The Bertz CT molecular complexity index is 766. The van der Waals surface area contributed by atoms with Crippen LogP contribution in [0.5, 0.6) is 5.88 Å². The number of benzene rings is 1. The summed E-state index contributed by atoms with van der Waals surface area (Å²) in [6.45, 7) is 3.81. The van der Waals surface area contributed by atoms with Crippen molar-refractivity contribution in [3.63, 3.8) is 0 Å². The highest BCUT2D eigenvalue weighted by Crippen LogP contribution is 2.41. The molecule has 0 aliphatic carbocycles. The quantitative estimate of drug-likeness (QED) is 0.801. The van der Waals surface area contributed by atoms with E-state index in [4.69, 9.17) is 16.3 Å². The summed E-state index contributed by atoms with van der Waals surface area (Å²) in [6.07, 6.45) is 1.26. The van der Waals surface area contributed by atoms with Crippen molar-refractivity contribution < 1.29 is 4.74 Å². The number of fused-ring (bicyclic) bond motifs is 2. The van der Waals surface area contributed by atoms with Gasteiger partial charge in [0.2, 0.25) is 5.88 Å². The molecule has 3 heterocycles. The Morgan fingerprint density at radius 2 is 2.30 bits per heavy atom. The van der Waals surface area contributed by atoms with Crippen LogP contribution in [0.1, 0.15) is 23.6 Å². The normalized spacial score (nSPS) is 25.2. The van der Waals surface area contributed by atoms with Crippen LogP contribution in [0.4, 0.5) is 0 Å². The van der Waals surface area contributed by atoms with Crippen LogP contribution in [0.3, 0.4) is 0 Å². The van der Waals surface area contributed by atoms with E-state index >= 15 is 0 Å². The van der Waals surface area contributed by atoms with Crippen molar-refractivity contribution in [2.24, 2.45) is 5.92 Å². The third-order valence-corrected chi connectivity index (χ3v) is 5.27. The van der Waals surface area contributed by atoms with E-state index in [1.807, 2.05) is 24.3 Å². The molecule has 1 aromatic heterocycles. The first-order valence-electron chi connectivity index (χ1n) is 7.71. The molecule has 4 nitrogen and oxygen atoms in total. The molecule has 2 fully saturated rings. The molecule has 0 N–H and O–H groups in total. The van der Waals surface area contributed by atoms with Crippen molar-refractivity contribution in [2.75, 3.05) is 26.2 Å². The third kappa shape index (κ3) is 3.20. The molecule has 23 heavy (non-hydrogen) atoms. The molecule has 4 rings (SSSR count). The lowest BCUT2D eigenvalue weighted by Crippen LogP contribution is -2.22. The summed E-state index contributed by atoms with van der Waals surface area (Å²) < 4.78 is 14.5. The highest BCUT2D eigenvalue weighted by molar-refractivity contribution is 6.99. The SMILES string of the molecule is Clc1cccc(C#CCOc2nsnc2C2CN3CCC2C3)c1. The van der Waals surface area contributed by atoms with E-state index in [0.717, 1.165) is 17.8 Å². The van der Waals surface area contributed by atoms with E-state index in [1.165, 1.54) is 31.2 Å². The predicted molar refractivity (Wildman–Crippen MR) is 91.0 cm³/mol. The number of piperidine rings is 1. The largest absolute Gasteiger partial charge is 0.463 e. The molecule has 2 aromatic rings. The first-order valence-corrected chi connectivity index (χ1v) is 8.82. The number of hydrogen-bond donors (Lipinski definition) is 0. The lowest BCUT2D eigenvalue weighted by atomic mass is 9.90. The van der Waals surface area contributed by atoms with E-state index in [-0.39, 0.29) is 0 Å². The molecular weight excluding hydrogens is 330 g/mol. The third-order valence-electron chi connectivity index (χ3n) is 4.50. The van der Waals surface area contributed by atoms with Crippen LogP contribution in [-0.2, 0) is 0 Å². The molecule has 0 saturated carbocycles. The fourth-order valence-corrected chi connectivity index (χ4v) is 4.17. The van der Waals surface area contributed by atoms with Gasteiger partial charge in [-0.25, -0.2) is 0 Å². The monoisotopic (exact) mass is 345 g/mol. The summed E-state index contributed by atoms with van der Waals surface area (Å²) in [5.74, 6) is 7.91. The molecule has 3 unspecified atom stereocenters. The number of aromatic nitrogens is 2. The standard InChI is InChI=1S/C17H16ClN3OS/c18-14-5-1-3-12(9-14)4-2-8-22-17-16(19-23-20-17)15-11-21-7-6-13(15)10-21/h1,3,5,9,13,15H,6-8,10-11H2. The molecule has 6 heteroatoms. The minimum Gasteiger partial charge on any atom is -0.463 e. The average molecular weight is 346 g/mol. The molecule has 2 bridgehead atoms. The zero-order valence-electron chi connectivity index (χ0n) is 12.5. The van der Waals surface area contributed by atoms with Crippen LogP contribution in [0.15, 0.2) is 24.3 Å². The van der Waals surface area contributed by atoms with Gasteiger partial charge >= 0.3 is 0 Å². The highest BCUT2D eigenvalue weighted by atomic mass is 35.5. The molecule has 2 saturated heterocycles. The average Bonchev–Trinajstić information content (AvgIpc) is 3.27. The van der Waals surface area contributed by atoms with Crippen molar-refractivity contribution in [3.8, 4) is 17.7 Å². The summed E-state index contributed by atoms with van der Waals surface area (Å²) in [5, 5.41) is 0.690. The first kappa shape index (κ1) is 14.9. The summed E-state index contributed by atoms with van der Waals surface area (Å²) in [7, 11) is 0. The minimum absolute atomic E-state index is 0.312. The van der Waals surface area contributed by atoms with Crippen LogP contribution in [0, 0.1) is 17.8 Å². The van der Waals surface area contributed by atoms with E-state index in [2.05, 4.69) is 25.5 Å². The Morgan fingerprint density at radius 3 is 3.09 bits per heavy atom. The molecule has 0 radical (unpaired) electrons.